The van der Waals surface area contributed by atoms with Gasteiger partial charge in [0.05, 0.1) is 4.47 Å². The number of benzene rings is 1. The van der Waals surface area contributed by atoms with Crippen LogP contribution in [0, 0.1) is 6.92 Å². The molecule has 0 spiro atoms. The summed E-state index contributed by atoms with van der Waals surface area (Å²) < 4.78 is 11.0. The molecule has 16 heavy (non-hydrogen) atoms. The lowest BCUT2D eigenvalue weighted by Gasteiger charge is -2.14. The molecule has 1 aromatic rings. The van der Waals surface area contributed by atoms with Crippen LogP contribution in [0.25, 0.3) is 0 Å². The molecule has 0 fully saturated rings. The van der Waals surface area contributed by atoms with Gasteiger partial charge in [0.15, 0.2) is 11.5 Å². The van der Waals surface area contributed by atoms with Crippen molar-refractivity contribution in [3.05, 3.63) is 21.7 Å². The van der Waals surface area contributed by atoms with Gasteiger partial charge >= 0.3 is 5.97 Å². The largest absolute Gasteiger partial charge is 0.480 e. The van der Waals surface area contributed by atoms with E-state index in [-0.39, 0.29) is 6.79 Å². The Morgan fingerprint density at radius 1 is 1.62 bits per heavy atom. The lowest BCUT2D eigenvalue weighted by molar-refractivity contribution is -0.138. The summed E-state index contributed by atoms with van der Waals surface area (Å²) in [5.41, 5.74) is 6.87. The van der Waals surface area contributed by atoms with Crippen molar-refractivity contribution in [2.75, 3.05) is 6.79 Å². The zero-order valence-electron chi connectivity index (χ0n) is 8.49. The first kappa shape index (κ1) is 11.2. The molecule has 0 radical (unpaired) electrons. The Kier molecular flexibility index (Phi) is 2.77. The molecule has 1 aromatic carbocycles. The number of aliphatic carboxylic acids is 1. The van der Waals surface area contributed by atoms with E-state index in [4.69, 9.17) is 20.3 Å². The normalized spacial score (nSPS) is 14.9. The summed E-state index contributed by atoms with van der Waals surface area (Å²) in [5, 5.41) is 8.91. The molecule has 0 amide bonds. The third-order valence-corrected chi connectivity index (χ3v) is 3.21. The molecule has 0 saturated carbocycles. The van der Waals surface area contributed by atoms with Gasteiger partial charge in [0, 0.05) is 5.56 Å². The van der Waals surface area contributed by atoms with E-state index in [0.717, 1.165) is 5.56 Å². The minimum absolute atomic E-state index is 0.138. The van der Waals surface area contributed by atoms with Crippen LogP contribution in [0.4, 0.5) is 0 Å². The molecular formula is C10H10BrNO4. The highest BCUT2D eigenvalue weighted by Crippen LogP contribution is 2.44. The summed E-state index contributed by atoms with van der Waals surface area (Å²) in [6.07, 6.45) is 0. The molecule has 0 bridgehead atoms. The smallest absolute Gasteiger partial charge is 0.325 e. The van der Waals surface area contributed by atoms with Gasteiger partial charge in [-0.3, -0.25) is 4.79 Å². The molecule has 1 heterocycles. The summed E-state index contributed by atoms with van der Waals surface area (Å²) >= 11 is 3.30. The van der Waals surface area contributed by atoms with Crippen molar-refractivity contribution in [3.63, 3.8) is 0 Å². The van der Waals surface area contributed by atoms with Gasteiger partial charge in [-0.05, 0) is 34.5 Å². The zero-order chi connectivity index (χ0) is 11.9. The molecule has 1 aliphatic heterocycles. The van der Waals surface area contributed by atoms with Gasteiger partial charge < -0.3 is 20.3 Å². The van der Waals surface area contributed by atoms with Crippen molar-refractivity contribution in [2.24, 2.45) is 5.73 Å². The third kappa shape index (κ3) is 1.64. The van der Waals surface area contributed by atoms with Gasteiger partial charge in [-0.2, -0.15) is 0 Å². The quantitative estimate of drug-likeness (QED) is 0.863. The summed E-state index contributed by atoms with van der Waals surface area (Å²) in [7, 11) is 0. The summed E-state index contributed by atoms with van der Waals surface area (Å²) in [6.45, 7) is 1.92. The van der Waals surface area contributed by atoms with Crippen molar-refractivity contribution in [1.82, 2.24) is 0 Å². The molecule has 3 N–H and O–H groups in total. The summed E-state index contributed by atoms with van der Waals surface area (Å²) in [6, 6.07) is 0.648. The van der Waals surface area contributed by atoms with E-state index >= 15 is 0 Å². The highest BCUT2D eigenvalue weighted by Gasteiger charge is 2.27. The Labute approximate surface area is 100 Å². The molecule has 2 rings (SSSR count). The maximum atomic E-state index is 10.9. The summed E-state index contributed by atoms with van der Waals surface area (Å²) in [4.78, 5) is 10.9. The van der Waals surface area contributed by atoms with Gasteiger partial charge in [-0.1, -0.05) is 0 Å². The third-order valence-electron chi connectivity index (χ3n) is 2.43. The first-order valence-electron chi connectivity index (χ1n) is 4.59. The number of nitrogens with two attached hydrogens (primary N) is 1. The fraction of sp³-hybridized carbons (Fsp3) is 0.300. The average Bonchev–Trinajstić information content (AvgIpc) is 2.65. The standard InChI is InChI=1S/C10H10BrNO4/c1-4-2-5-9(16-3-15-5)7(11)6(4)8(12)10(13)14/h2,8H,3,12H2,1H3,(H,13,14). The molecule has 5 nitrogen and oxygen atoms in total. The average molecular weight is 288 g/mol. The number of hydrogen-bond acceptors (Lipinski definition) is 4. The number of hydrogen-bond donors (Lipinski definition) is 2. The van der Waals surface area contributed by atoms with Crippen molar-refractivity contribution in [1.29, 1.82) is 0 Å². The van der Waals surface area contributed by atoms with E-state index in [0.29, 0.717) is 21.5 Å². The minimum Gasteiger partial charge on any atom is -0.480 e. The number of carboxylic acids is 1. The maximum absolute atomic E-state index is 10.9. The first-order chi connectivity index (χ1) is 7.52. The predicted molar refractivity (Wildman–Crippen MR) is 59.6 cm³/mol. The highest BCUT2D eigenvalue weighted by molar-refractivity contribution is 9.10. The topological polar surface area (TPSA) is 81.8 Å². The van der Waals surface area contributed by atoms with Crippen LogP contribution in [-0.2, 0) is 4.79 Å². The Hall–Kier alpha value is -1.27. The Morgan fingerprint density at radius 3 is 2.94 bits per heavy atom. The first-order valence-corrected chi connectivity index (χ1v) is 5.38. The van der Waals surface area contributed by atoms with Crippen LogP contribution in [0.1, 0.15) is 17.2 Å². The molecule has 0 aliphatic carbocycles. The fourth-order valence-corrected chi connectivity index (χ4v) is 2.51. The van der Waals surface area contributed by atoms with Gasteiger partial charge in [0.25, 0.3) is 0 Å². The predicted octanol–water partition coefficient (Wildman–Crippen LogP) is 1.57. The fourth-order valence-electron chi connectivity index (χ4n) is 1.64. The van der Waals surface area contributed by atoms with Gasteiger partial charge in [0.2, 0.25) is 6.79 Å². The lowest BCUT2D eigenvalue weighted by Crippen LogP contribution is -2.22. The van der Waals surface area contributed by atoms with E-state index in [1.54, 1.807) is 13.0 Å². The lowest BCUT2D eigenvalue weighted by atomic mass is 10.0. The second-order valence-corrected chi connectivity index (χ2v) is 4.26. The van der Waals surface area contributed by atoms with Crippen LogP contribution in [0.2, 0.25) is 0 Å². The van der Waals surface area contributed by atoms with Gasteiger partial charge in [-0.15, -0.1) is 0 Å². The number of fused-ring (bicyclic) bond motifs is 1. The molecule has 6 heteroatoms. The minimum atomic E-state index is -1.08. The monoisotopic (exact) mass is 287 g/mol. The molecule has 1 atom stereocenters. The van der Waals surface area contributed by atoms with Crippen LogP contribution < -0.4 is 15.2 Å². The molecule has 1 unspecified atom stereocenters. The van der Waals surface area contributed by atoms with Gasteiger partial charge in [0.1, 0.15) is 6.04 Å². The zero-order valence-corrected chi connectivity index (χ0v) is 10.1. The molecule has 86 valence electrons. The number of rotatable bonds is 2. The molecule has 1 aliphatic rings. The summed E-state index contributed by atoms with van der Waals surface area (Å²) in [5.74, 6) is 0.0330. The molecule has 0 aromatic heterocycles. The van der Waals surface area contributed by atoms with E-state index < -0.39 is 12.0 Å². The van der Waals surface area contributed by atoms with Crippen molar-refractivity contribution in [3.8, 4) is 11.5 Å². The number of ether oxygens (including phenoxy) is 2. The van der Waals surface area contributed by atoms with Gasteiger partial charge in [-0.25, -0.2) is 0 Å². The Bertz CT molecular complexity index is 461. The van der Waals surface area contributed by atoms with E-state index in [9.17, 15) is 4.79 Å². The second-order valence-electron chi connectivity index (χ2n) is 3.47. The number of carboxylic acid groups (broad SMARTS) is 1. The number of aryl methyl sites for hydroxylation is 1. The van der Waals surface area contributed by atoms with Crippen LogP contribution >= 0.6 is 15.9 Å². The number of carbonyl (C=O) groups is 1. The Morgan fingerprint density at radius 2 is 2.31 bits per heavy atom. The van der Waals surface area contributed by atoms with Crippen molar-refractivity contribution >= 4 is 21.9 Å². The van der Waals surface area contributed by atoms with E-state index in [1.165, 1.54) is 0 Å². The SMILES string of the molecule is Cc1cc2c(c(Br)c1C(N)C(=O)O)OCO2. The van der Waals surface area contributed by atoms with Crippen LogP contribution in [0.3, 0.4) is 0 Å². The van der Waals surface area contributed by atoms with E-state index in [2.05, 4.69) is 15.9 Å². The van der Waals surface area contributed by atoms with Crippen LogP contribution in [0.15, 0.2) is 10.5 Å². The Balaban J connectivity index is 2.58. The highest BCUT2D eigenvalue weighted by atomic mass is 79.9. The van der Waals surface area contributed by atoms with Crippen molar-refractivity contribution < 1.29 is 19.4 Å². The maximum Gasteiger partial charge on any atom is 0.325 e. The molecule has 0 saturated heterocycles. The number of halogens is 1. The molecular weight excluding hydrogens is 278 g/mol. The van der Waals surface area contributed by atoms with Crippen LogP contribution in [0.5, 0.6) is 11.5 Å². The second kappa shape index (κ2) is 3.95. The van der Waals surface area contributed by atoms with Crippen LogP contribution in [-0.4, -0.2) is 17.9 Å². The van der Waals surface area contributed by atoms with E-state index in [1.807, 2.05) is 0 Å². The van der Waals surface area contributed by atoms with Crippen molar-refractivity contribution in [2.45, 2.75) is 13.0 Å².